The zero-order valence-electron chi connectivity index (χ0n) is 16.3. The number of nitriles is 1. The van der Waals surface area contributed by atoms with Crippen molar-refractivity contribution in [3.63, 3.8) is 0 Å². The maximum Gasteiger partial charge on any atom is 0.232 e. The molecule has 3 aromatic heterocycles. The van der Waals surface area contributed by atoms with E-state index in [0.29, 0.717) is 53.9 Å². The van der Waals surface area contributed by atoms with E-state index in [2.05, 4.69) is 30.4 Å². The fourth-order valence-corrected chi connectivity index (χ4v) is 4.92. The molecule has 10 heteroatoms. The molecule has 1 fully saturated rings. The van der Waals surface area contributed by atoms with Gasteiger partial charge in [0.1, 0.15) is 28.7 Å². The topological polar surface area (TPSA) is 109 Å². The van der Waals surface area contributed by atoms with Crippen LogP contribution in [0.2, 0.25) is 0 Å². The Labute approximate surface area is 169 Å². The molecule has 1 aliphatic heterocycles. The SMILES string of the molecule is CCOc1cn2ncc(C#N)c2c(-c2ccc(N3CCS(=O)(=NC)CC3)nc2)n1. The monoisotopic (exact) mass is 411 g/mol. The van der Waals surface area contributed by atoms with Gasteiger partial charge in [-0.2, -0.15) is 10.4 Å². The van der Waals surface area contributed by atoms with E-state index in [4.69, 9.17) is 4.74 Å². The van der Waals surface area contributed by atoms with Crippen LogP contribution in [0.15, 0.2) is 35.1 Å². The van der Waals surface area contributed by atoms with Crippen LogP contribution in [0.3, 0.4) is 0 Å². The zero-order chi connectivity index (χ0) is 20.4. The largest absolute Gasteiger partial charge is 0.477 e. The van der Waals surface area contributed by atoms with Crippen molar-refractivity contribution in [2.45, 2.75) is 6.92 Å². The van der Waals surface area contributed by atoms with Gasteiger partial charge in [-0.15, -0.1) is 0 Å². The van der Waals surface area contributed by atoms with Crippen LogP contribution in [0.25, 0.3) is 16.8 Å². The lowest BCUT2D eigenvalue weighted by atomic mass is 10.1. The van der Waals surface area contributed by atoms with Gasteiger partial charge >= 0.3 is 0 Å². The van der Waals surface area contributed by atoms with Crippen LogP contribution in [0.5, 0.6) is 5.88 Å². The highest BCUT2D eigenvalue weighted by atomic mass is 32.2. The van der Waals surface area contributed by atoms with Crippen LogP contribution < -0.4 is 9.64 Å². The average molecular weight is 411 g/mol. The van der Waals surface area contributed by atoms with E-state index in [1.165, 1.54) is 6.20 Å². The van der Waals surface area contributed by atoms with Crippen molar-refractivity contribution in [1.29, 1.82) is 5.26 Å². The second kappa shape index (κ2) is 7.67. The molecule has 3 aromatic rings. The van der Waals surface area contributed by atoms with Crippen molar-refractivity contribution >= 4 is 21.1 Å². The quantitative estimate of drug-likeness (QED) is 0.646. The molecule has 0 aliphatic carbocycles. The molecule has 0 unspecified atom stereocenters. The van der Waals surface area contributed by atoms with Gasteiger partial charge in [-0.3, -0.25) is 0 Å². The number of aromatic nitrogens is 4. The molecule has 9 nitrogen and oxygen atoms in total. The molecule has 0 spiro atoms. The number of pyridine rings is 1. The van der Waals surface area contributed by atoms with Crippen molar-refractivity contribution in [3.05, 3.63) is 36.3 Å². The maximum absolute atomic E-state index is 12.4. The van der Waals surface area contributed by atoms with Gasteiger partial charge in [-0.05, 0) is 19.1 Å². The molecule has 0 bridgehead atoms. The first kappa shape index (κ1) is 19.1. The lowest BCUT2D eigenvalue weighted by Gasteiger charge is -2.29. The van der Waals surface area contributed by atoms with E-state index in [0.717, 1.165) is 11.4 Å². The standard InChI is InChI=1S/C19H21N7O2S/c1-3-28-17-13-26-19(15(10-20)12-23-26)18(24-17)14-4-5-16(22-11-14)25-6-8-29(27,21-2)9-7-25/h4-5,11-13H,3,6-9H2,1-2H3. The molecule has 0 radical (unpaired) electrons. The van der Waals surface area contributed by atoms with Crippen molar-refractivity contribution < 1.29 is 8.95 Å². The number of nitrogens with zero attached hydrogens (tertiary/aromatic N) is 7. The van der Waals surface area contributed by atoms with Gasteiger partial charge in [0.15, 0.2) is 0 Å². The summed E-state index contributed by atoms with van der Waals surface area (Å²) in [7, 11) is -0.439. The fraction of sp³-hybridized carbons (Fsp3) is 0.368. The predicted molar refractivity (Wildman–Crippen MR) is 111 cm³/mol. The number of anilines is 1. The summed E-state index contributed by atoms with van der Waals surface area (Å²) in [5, 5.41) is 13.7. The van der Waals surface area contributed by atoms with Crippen LogP contribution in [0.1, 0.15) is 12.5 Å². The number of ether oxygens (including phenoxy) is 1. The van der Waals surface area contributed by atoms with Gasteiger partial charge in [0.25, 0.3) is 0 Å². The third kappa shape index (κ3) is 3.61. The van der Waals surface area contributed by atoms with Gasteiger partial charge in [-0.25, -0.2) is 23.1 Å². The Hall–Kier alpha value is -3.19. The number of fused-ring (bicyclic) bond motifs is 1. The second-order valence-electron chi connectivity index (χ2n) is 6.58. The van der Waals surface area contributed by atoms with E-state index in [1.807, 2.05) is 19.1 Å². The van der Waals surface area contributed by atoms with Crippen LogP contribution >= 0.6 is 0 Å². The molecule has 1 saturated heterocycles. The van der Waals surface area contributed by atoms with Gasteiger partial charge < -0.3 is 9.64 Å². The zero-order valence-corrected chi connectivity index (χ0v) is 17.1. The number of hydrogen-bond donors (Lipinski definition) is 0. The Balaban J connectivity index is 1.69. The molecular formula is C19H21N7O2S. The highest BCUT2D eigenvalue weighted by molar-refractivity contribution is 7.93. The van der Waals surface area contributed by atoms with Crippen molar-refractivity contribution in [3.8, 4) is 23.2 Å². The third-order valence-corrected chi connectivity index (χ3v) is 7.23. The van der Waals surface area contributed by atoms with E-state index >= 15 is 0 Å². The van der Waals surface area contributed by atoms with E-state index < -0.39 is 9.73 Å². The maximum atomic E-state index is 12.4. The van der Waals surface area contributed by atoms with E-state index in [-0.39, 0.29) is 0 Å². The summed E-state index contributed by atoms with van der Waals surface area (Å²) in [6.45, 7) is 3.68. The summed E-state index contributed by atoms with van der Waals surface area (Å²) in [6.07, 6.45) is 4.91. The lowest BCUT2D eigenvalue weighted by Crippen LogP contribution is -2.40. The summed E-state index contributed by atoms with van der Waals surface area (Å²) >= 11 is 0. The lowest BCUT2D eigenvalue weighted by molar-refractivity contribution is 0.325. The Kier molecular flexibility index (Phi) is 5.07. The Morgan fingerprint density at radius 3 is 2.72 bits per heavy atom. The summed E-state index contributed by atoms with van der Waals surface area (Å²) in [4.78, 5) is 11.3. The van der Waals surface area contributed by atoms with E-state index in [9.17, 15) is 9.47 Å². The third-order valence-electron chi connectivity index (χ3n) is 4.93. The smallest absolute Gasteiger partial charge is 0.232 e. The van der Waals surface area contributed by atoms with Gasteiger partial charge in [0.2, 0.25) is 5.88 Å². The molecule has 4 rings (SSSR count). The van der Waals surface area contributed by atoms with Crippen LogP contribution in [-0.2, 0) is 9.73 Å². The molecular weight excluding hydrogens is 390 g/mol. The first-order valence-corrected chi connectivity index (χ1v) is 11.2. The Morgan fingerprint density at radius 1 is 1.31 bits per heavy atom. The normalized spacial score (nSPS) is 15.8. The molecule has 0 amide bonds. The van der Waals surface area contributed by atoms with E-state index in [1.54, 1.807) is 24.0 Å². The molecule has 1 aliphatic rings. The molecule has 0 N–H and O–H groups in total. The Bertz CT molecular complexity index is 1190. The van der Waals surface area contributed by atoms with Crippen molar-refractivity contribution in [2.75, 3.05) is 43.1 Å². The average Bonchev–Trinajstić information content (AvgIpc) is 3.17. The number of hydrogen-bond acceptors (Lipinski definition) is 8. The first-order valence-electron chi connectivity index (χ1n) is 9.30. The minimum atomic E-state index is -2.06. The summed E-state index contributed by atoms with van der Waals surface area (Å²) in [5.74, 6) is 2.35. The molecule has 29 heavy (non-hydrogen) atoms. The molecule has 150 valence electrons. The minimum absolute atomic E-state index is 0.431. The molecule has 0 saturated carbocycles. The van der Waals surface area contributed by atoms with Gasteiger partial charge in [0, 0.05) is 53.1 Å². The minimum Gasteiger partial charge on any atom is -0.477 e. The van der Waals surface area contributed by atoms with Crippen molar-refractivity contribution in [1.82, 2.24) is 19.6 Å². The number of rotatable bonds is 4. The van der Waals surface area contributed by atoms with Crippen LogP contribution in [0.4, 0.5) is 5.82 Å². The van der Waals surface area contributed by atoms with Gasteiger partial charge in [-0.1, -0.05) is 0 Å². The fourth-order valence-electron chi connectivity index (χ4n) is 3.34. The first-order chi connectivity index (χ1) is 14.1. The Morgan fingerprint density at radius 2 is 2.10 bits per heavy atom. The van der Waals surface area contributed by atoms with Crippen molar-refractivity contribution in [2.24, 2.45) is 4.36 Å². The second-order valence-corrected chi connectivity index (χ2v) is 9.31. The van der Waals surface area contributed by atoms with Crippen LogP contribution in [0, 0.1) is 11.3 Å². The van der Waals surface area contributed by atoms with Crippen LogP contribution in [-0.4, -0.2) is 62.0 Å². The summed E-state index contributed by atoms with van der Waals surface area (Å²) in [6, 6.07) is 6.00. The summed E-state index contributed by atoms with van der Waals surface area (Å²) < 4.78 is 23.6. The molecule has 0 atom stereocenters. The predicted octanol–water partition coefficient (Wildman–Crippen LogP) is 1.98. The molecule has 0 aromatic carbocycles. The van der Waals surface area contributed by atoms with Gasteiger partial charge in [0.05, 0.1) is 19.0 Å². The highest BCUT2D eigenvalue weighted by Gasteiger charge is 2.21. The summed E-state index contributed by atoms with van der Waals surface area (Å²) in [5.41, 5.74) is 2.42. The highest BCUT2D eigenvalue weighted by Crippen LogP contribution is 2.28. The molecule has 4 heterocycles.